The van der Waals surface area contributed by atoms with E-state index in [4.69, 9.17) is 0 Å². The van der Waals surface area contributed by atoms with Crippen LogP contribution in [-0.2, 0) is 4.79 Å². The minimum atomic E-state index is 0.116. The van der Waals surface area contributed by atoms with Crippen molar-refractivity contribution in [2.75, 3.05) is 5.75 Å². The molecule has 1 heterocycles. The van der Waals surface area contributed by atoms with Gasteiger partial charge in [0.1, 0.15) is 0 Å². The van der Waals surface area contributed by atoms with Crippen molar-refractivity contribution in [1.29, 1.82) is 0 Å². The number of hydrogen-bond acceptors (Lipinski definition) is 4. The molecule has 0 aliphatic heterocycles. The third-order valence-corrected chi connectivity index (χ3v) is 5.77. The Hall–Kier alpha value is -2.60. The van der Waals surface area contributed by atoms with Gasteiger partial charge in [0.05, 0.1) is 0 Å². The average molecular weight is 409 g/mol. The Morgan fingerprint density at radius 1 is 1.10 bits per heavy atom. The standard InChI is InChI=1S/C23H28N4OS/c1-4-18(3)24-21(28)11-8-16-29-23-26-25-22(19-9-6-5-7-10-19)27(23)20-14-12-17(2)13-15-20/h5-7,9-10,12-15,18H,4,8,11,16H2,1-3H3,(H,24,28). The van der Waals surface area contributed by atoms with Crippen LogP contribution in [0.25, 0.3) is 17.1 Å². The third kappa shape index (κ3) is 5.70. The molecule has 6 heteroatoms. The number of amides is 1. The second kappa shape index (κ2) is 10.3. The summed E-state index contributed by atoms with van der Waals surface area (Å²) in [7, 11) is 0. The number of thioether (sulfide) groups is 1. The molecule has 0 saturated carbocycles. The lowest BCUT2D eigenvalue weighted by Gasteiger charge is -2.12. The molecule has 0 bridgehead atoms. The van der Waals surface area contributed by atoms with Gasteiger partial charge in [0.15, 0.2) is 11.0 Å². The minimum Gasteiger partial charge on any atom is -0.354 e. The summed E-state index contributed by atoms with van der Waals surface area (Å²) in [4.78, 5) is 12.0. The number of aromatic nitrogens is 3. The first-order chi connectivity index (χ1) is 14.1. The molecule has 1 unspecified atom stereocenters. The van der Waals surface area contributed by atoms with Crippen LogP contribution in [0.2, 0.25) is 0 Å². The van der Waals surface area contributed by atoms with E-state index in [1.165, 1.54) is 5.56 Å². The fraction of sp³-hybridized carbons (Fsp3) is 0.348. The number of benzene rings is 2. The zero-order valence-corrected chi connectivity index (χ0v) is 18.1. The Bertz CT molecular complexity index is 922. The van der Waals surface area contributed by atoms with E-state index in [-0.39, 0.29) is 11.9 Å². The normalized spacial score (nSPS) is 12.0. The van der Waals surface area contributed by atoms with Crippen molar-refractivity contribution < 1.29 is 4.79 Å². The number of carbonyl (C=O) groups excluding carboxylic acids is 1. The van der Waals surface area contributed by atoms with Crippen LogP contribution in [-0.4, -0.2) is 32.5 Å². The zero-order chi connectivity index (χ0) is 20.6. The van der Waals surface area contributed by atoms with Crippen LogP contribution in [0.15, 0.2) is 59.8 Å². The van der Waals surface area contributed by atoms with Gasteiger partial charge in [0, 0.05) is 29.5 Å². The van der Waals surface area contributed by atoms with Gasteiger partial charge < -0.3 is 5.32 Å². The minimum absolute atomic E-state index is 0.116. The van der Waals surface area contributed by atoms with E-state index < -0.39 is 0 Å². The lowest BCUT2D eigenvalue weighted by molar-refractivity contribution is -0.121. The molecule has 1 atom stereocenters. The SMILES string of the molecule is CCC(C)NC(=O)CCCSc1nnc(-c2ccccc2)n1-c1ccc(C)cc1. The topological polar surface area (TPSA) is 59.8 Å². The first-order valence-corrected chi connectivity index (χ1v) is 11.1. The Morgan fingerprint density at radius 3 is 2.52 bits per heavy atom. The monoisotopic (exact) mass is 408 g/mol. The molecule has 152 valence electrons. The maximum Gasteiger partial charge on any atom is 0.220 e. The highest BCUT2D eigenvalue weighted by atomic mass is 32.2. The largest absolute Gasteiger partial charge is 0.354 e. The summed E-state index contributed by atoms with van der Waals surface area (Å²) in [5.41, 5.74) is 3.28. The van der Waals surface area contributed by atoms with E-state index in [1.807, 2.05) is 37.3 Å². The van der Waals surface area contributed by atoms with Crippen molar-refractivity contribution in [3.05, 3.63) is 60.2 Å². The van der Waals surface area contributed by atoms with Crippen molar-refractivity contribution in [2.45, 2.75) is 51.2 Å². The van der Waals surface area contributed by atoms with Gasteiger partial charge >= 0.3 is 0 Å². The van der Waals surface area contributed by atoms with Gasteiger partial charge in [-0.05, 0) is 38.8 Å². The molecule has 29 heavy (non-hydrogen) atoms. The van der Waals surface area contributed by atoms with Crippen molar-refractivity contribution >= 4 is 17.7 Å². The molecule has 0 aliphatic rings. The number of aryl methyl sites for hydroxylation is 1. The van der Waals surface area contributed by atoms with Crippen LogP contribution >= 0.6 is 11.8 Å². The zero-order valence-electron chi connectivity index (χ0n) is 17.3. The van der Waals surface area contributed by atoms with Gasteiger partial charge in [0.25, 0.3) is 0 Å². The van der Waals surface area contributed by atoms with Crippen molar-refractivity contribution in [2.24, 2.45) is 0 Å². The van der Waals surface area contributed by atoms with Crippen molar-refractivity contribution in [1.82, 2.24) is 20.1 Å². The molecule has 0 spiro atoms. The molecule has 5 nitrogen and oxygen atoms in total. The number of hydrogen-bond donors (Lipinski definition) is 1. The number of rotatable bonds is 9. The van der Waals surface area contributed by atoms with E-state index in [0.717, 1.165) is 40.8 Å². The molecular formula is C23H28N4OS. The van der Waals surface area contributed by atoms with Gasteiger partial charge in [-0.3, -0.25) is 9.36 Å². The Morgan fingerprint density at radius 2 is 1.83 bits per heavy atom. The molecule has 0 fully saturated rings. The van der Waals surface area contributed by atoms with Crippen LogP contribution in [0.3, 0.4) is 0 Å². The number of nitrogens with one attached hydrogen (secondary N) is 1. The summed E-state index contributed by atoms with van der Waals surface area (Å²) in [5, 5.41) is 12.8. The van der Waals surface area contributed by atoms with E-state index in [1.54, 1.807) is 11.8 Å². The predicted molar refractivity (Wildman–Crippen MR) is 119 cm³/mol. The molecule has 0 saturated heterocycles. The first-order valence-electron chi connectivity index (χ1n) is 10.1. The van der Waals surface area contributed by atoms with E-state index in [0.29, 0.717) is 6.42 Å². The van der Waals surface area contributed by atoms with E-state index in [9.17, 15) is 4.79 Å². The third-order valence-electron chi connectivity index (χ3n) is 4.76. The average Bonchev–Trinajstić information content (AvgIpc) is 3.16. The first kappa shape index (κ1) is 21.1. The second-order valence-corrected chi connectivity index (χ2v) is 8.23. The number of nitrogens with zero attached hydrogens (tertiary/aromatic N) is 3. The molecule has 0 radical (unpaired) electrons. The highest BCUT2D eigenvalue weighted by molar-refractivity contribution is 7.99. The van der Waals surface area contributed by atoms with Gasteiger partial charge in [-0.15, -0.1) is 10.2 Å². The Labute approximate surface area is 176 Å². The highest BCUT2D eigenvalue weighted by Gasteiger charge is 2.16. The molecule has 1 aromatic heterocycles. The molecule has 3 rings (SSSR count). The van der Waals surface area contributed by atoms with E-state index in [2.05, 4.69) is 58.2 Å². The highest BCUT2D eigenvalue weighted by Crippen LogP contribution is 2.28. The quantitative estimate of drug-likeness (QED) is 0.398. The van der Waals surface area contributed by atoms with Gasteiger partial charge in [0.2, 0.25) is 5.91 Å². The summed E-state index contributed by atoms with van der Waals surface area (Å²) in [6, 6.07) is 18.7. The summed E-state index contributed by atoms with van der Waals surface area (Å²) in [6.45, 7) is 6.18. The molecular weight excluding hydrogens is 380 g/mol. The predicted octanol–water partition coefficient (Wildman–Crippen LogP) is 5.03. The van der Waals surface area contributed by atoms with Crippen LogP contribution in [0.5, 0.6) is 0 Å². The van der Waals surface area contributed by atoms with Crippen LogP contribution in [0.4, 0.5) is 0 Å². The van der Waals surface area contributed by atoms with Crippen molar-refractivity contribution in [3.8, 4) is 17.1 Å². The van der Waals surface area contributed by atoms with E-state index >= 15 is 0 Å². The van der Waals surface area contributed by atoms with Crippen LogP contribution < -0.4 is 5.32 Å². The second-order valence-electron chi connectivity index (χ2n) is 7.17. The van der Waals surface area contributed by atoms with Crippen LogP contribution in [0.1, 0.15) is 38.7 Å². The number of carbonyl (C=O) groups is 1. The molecule has 1 N–H and O–H groups in total. The van der Waals surface area contributed by atoms with Gasteiger partial charge in [-0.25, -0.2) is 0 Å². The summed E-state index contributed by atoms with van der Waals surface area (Å²) >= 11 is 1.64. The summed E-state index contributed by atoms with van der Waals surface area (Å²) in [6.07, 6.45) is 2.28. The molecule has 2 aromatic carbocycles. The lowest BCUT2D eigenvalue weighted by atomic mass is 10.2. The Kier molecular flexibility index (Phi) is 7.47. The Balaban J connectivity index is 1.74. The van der Waals surface area contributed by atoms with Gasteiger partial charge in [-0.2, -0.15) is 0 Å². The molecule has 1 amide bonds. The lowest BCUT2D eigenvalue weighted by Crippen LogP contribution is -2.31. The fourth-order valence-corrected chi connectivity index (χ4v) is 3.80. The fourth-order valence-electron chi connectivity index (χ4n) is 2.91. The molecule has 3 aromatic rings. The maximum absolute atomic E-state index is 12.0. The maximum atomic E-state index is 12.0. The summed E-state index contributed by atoms with van der Waals surface area (Å²) < 4.78 is 2.10. The smallest absolute Gasteiger partial charge is 0.220 e. The summed E-state index contributed by atoms with van der Waals surface area (Å²) in [5.74, 6) is 1.75. The van der Waals surface area contributed by atoms with Crippen molar-refractivity contribution in [3.63, 3.8) is 0 Å². The van der Waals surface area contributed by atoms with Gasteiger partial charge in [-0.1, -0.05) is 66.7 Å². The van der Waals surface area contributed by atoms with Crippen LogP contribution in [0, 0.1) is 6.92 Å². The molecule has 0 aliphatic carbocycles.